The van der Waals surface area contributed by atoms with Crippen LogP contribution >= 0.6 is 0 Å². The van der Waals surface area contributed by atoms with E-state index in [1.54, 1.807) is 12.1 Å². The minimum Gasteiger partial charge on any atom is -0.369 e. The highest BCUT2D eigenvalue weighted by molar-refractivity contribution is 7.90. The second-order valence-electron chi connectivity index (χ2n) is 5.21. The molecule has 0 bridgehead atoms. The van der Waals surface area contributed by atoms with Crippen LogP contribution in [0, 0.1) is 0 Å². The van der Waals surface area contributed by atoms with Gasteiger partial charge in [-0.2, -0.15) is 12.7 Å². The van der Waals surface area contributed by atoms with Crippen molar-refractivity contribution in [2.24, 2.45) is 0 Å². The average molecular weight is 335 g/mol. The molecule has 2 N–H and O–H groups in total. The van der Waals surface area contributed by atoms with Crippen molar-refractivity contribution in [1.82, 2.24) is 14.5 Å². The number of hydrogen-bond donors (Lipinski definition) is 2. The predicted molar refractivity (Wildman–Crippen MR) is 91.5 cm³/mol. The van der Waals surface area contributed by atoms with Gasteiger partial charge < -0.3 is 5.32 Å². The van der Waals surface area contributed by atoms with Gasteiger partial charge in [0.15, 0.2) is 5.82 Å². The molecule has 0 aliphatic carbocycles. The van der Waals surface area contributed by atoms with E-state index in [0.717, 1.165) is 23.7 Å². The highest BCUT2D eigenvalue weighted by Gasteiger charge is 2.13. The fourth-order valence-corrected chi connectivity index (χ4v) is 2.41. The first-order chi connectivity index (χ1) is 11.0. The molecule has 23 heavy (non-hydrogen) atoms. The molecule has 1 aromatic carbocycles. The molecule has 2 rings (SSSR count). The minimum atomic E-state index is -3.56. The highest BCUT2D eigenvalue weighted by atomic mass is 32.2. The Morgan fingerprint density at radius 2 is 1.65 bits per heavy atom. The second kappa shape index (κ2) is 7.89. The van der Waals surface area contributed by atoms with Crippen LogP contribution in [0.1, 0.15) is 12.0 Å². The zero-order valence-electron chi connectivity index (χ0n) is 13.2. The van der Waals surface area contributed by atoms with Crippen LogP contribution in [0.5, 0.6) is 0 Å². The zero-order valence-corrected chi connectivity index (χ0v) is 14.0. The van der Waals surface area contributed by atoms with Gasteiger partial charge in [-0.05, 0) is 30.5 Å². The number of benzene rings is 1. The monoisotopic (exact) mass is 335 g/mol. The summed E-state index contributed by atoms with van der Waals surface area (Å²) in [6.07, 6.45) is 1.96. The molecule has 8 heteroatoms. The van der Waals surface area contributed by atoms with Crippen molar-refractivity contribution >= 4 is 21.8 Å². The molecule has 0 amide bonds. The van der Waals surface area contributed by atoms with E-state index in [2.05, 4.69) is 32.4 Å². The Labute approximate surface area is 136 Å². The topological polar surface area (TPSA) is 87.2 Å². The fraction of sp³-hybridized carbons (Fsp3) is 0.333. The molecule has 0 fully saturated rings. The van der Waals surface area contributed by atoms with Gasteiger partial charge in [0.1, 0.15) is 5.82 Å². The van der Waals surface area contributed by atoms with Crippen molar-refractivity contribution in [1.29, 1.82) is 0 Å². The van der Waals surface area contributed by atoms with E-state index in [0.29, 0.717) is 5.82 Å². The Bertz CT molecular complexity index is 702. The second-order valence-corrected chi connectivity index (χ2v) is 7.09. The van der Waals surface area contributed by atoms with Crippen LogP contribution in [0.3, 0.4) is 0 Å². The highest BCUT2D eigenvalue weighted by Crippen LogP contribution is 2.09. The molecule has 0 radical (unpaired) electrons. The molecule has 1 heterocycles. The molecular weight excluding hydrogens is 314 g/mol. The summed E-state index contributed by atoms with van der Waals surface area (Å²) in [5.74, 6) is 0.805. The number of nitrogens with one attached hydrogen (secondary N) is 2. The van der Waals surface area contributed by atoms with Gasteiger partial charge >= 0.3 is 10.2 Å². The Hall–Kier alpha value is -2.19. The molecule has 1 aromatic heterocycles. The van der Waals surface area contributed by atoms with Crippen LogP contribution in [0.4, 0.5) is 11.6 Å². The maximum Gasteiger partial charge on any atom is 0.302 e. The van der Waals surface area contributed by atoms with E-state index in [-0.39, 0.29) is 5.82 Å². The van der Waals surface area contributed by atoms with Crippen molar-refractivity contribution in [3.63, 3.8) is 0 Å². The van der Waals surface area contributed by atoms with Crippen molar-refractivity contribution in [2.75, 3.05) is 30.7 Å². The number of aryl methyl sites for hydroxylation is 1. The number of hydrogen-bond acceptors (Lipinski definition) is 5. The van der Waals surface area contributed by atoms with E-state index >= 15 is 0 Å². The molecule has 0 spiro atoms. The number of anilines is 2. The summed E-state index contributed by atoms with van der Waals surface area (Å²) in [6.45, 7) is 0.770. The first-order valence-corrected chi connectivity index (χ1v) is 8.73. The number of rotatable bonds is 8. The van der Waals surface area contributed by atoms with Crippen molar-refractivity contribution in [3.05, 3.63) is 48.0 Å². The summed E-state index contributed by atoms with van der Waals surface area (Å²) >= 11 is 0. The predicted octanol–water partition coefficient (Wildman–Crippen LogP) is 1.74. The molecule has 0 saturated heterocycles. The van der Waals surface area contributed by atoms with Crippen LogP contribution in [0.15, 0.2) is 42.5 Å². The van der Waals surface area contributed by atoms with Gasteiger partial charge in [-0.25, -0.2) is 0 Å². The summed E-state index contributed by atoms with van der Waals surface area (Å²) in [6, 6.07) is 13.5. The zero-order chi connectivity index (χ0) is 16.7. The molecular formula is C15H21N5O2S. The first kappa shape index (κ1) is 17.2. The van der Waals surface area contributed by atoms with E-state index in [4.69, 9.17) is 0 Å². The van der Waals surface area contributed by atoms with Gasteiger partial charge in [0.05, 0.1) is 0 Å². The number of nitrogens with zero attached hydrogens (tertiary/aromatic N) is 3. The minimum absolute atomic E-state index is 0.188. The smallest absolute Gasteiger partial charge is 0.302 e. The Morgan fingerprint density at radius 1 is 1.00 bits per heavy atom. The van der Waals surface area contributed by atoms with Gasteiger partial charge in [-0.3, -0.25) is 4.72 Å². The Kier molecular flexibility index (Phi) is 5.89. The SMILES string of the molecule is CN(C)S(=O)(=O)Nc1ccc(NCCCc2ccccc2)nn1. The van der Waals surface area contributed by atoms with Gasteiger partial charge in [-0.1, -0.05) is 30.3 Å². The third-order valence-electron chi connectivity index (χ3n) is 3.17. The Morgan fingerprint density at radius 3 is 2.26 bits per heavy atom. The molecule has 0 aliphatic rings. The summed E-state index contributed by atoms with van der Waals surface area (Å²) in [4.78, 5) is 0. The third kappa shape index (κ3) is 5.50. The quantitative estimate of drug-likeness (QED) is 0.718. The lowest BCUT2D eigenvalue weighted by Crippen LogP contribution is -2.29. The standard InChI is InChI=1S/C15H21N5O2S/c1-20(2)23(21,22)19-15-11-10-14(17-18-15)16-12-6-9-13-7-4-3-5-8-13/h3-5,7-8,10-11H,6,9,12H2,1-2H3,(H,16,17)(H,18,19). The Balaban J connectivity index is 1.79. The van der Waals surface area contributed by atoms with Gasteiger partial charge in [0.25, 0.3) is 0 Å². The van der Waals surface area contributed by atoms with Crippen molar-refractivity contribution in [3.8, 4) is 0 Å². The summed E-state index contributed by atoms with van der Waals surface area (Å²) in [5.41, 5.74) is 1.30. The number of aromatic nitrogens is 2. The molecule has 0 unspecified atom stereocenters. The third-order valence-corrected chi connectivity index (χ3v) is 4.60. The van der Waals surface area contributed by atoms with E-state index < -0.39 is 10.2 Å². The normalized spacial score (nSPS) is 11.4. The van der Waals surface area contributed by atoms with Crippen LogP contribution in [-0.4, -0.2) is 43.6 Å². The fourth-order valence-electron chi connectivity index (χ4n) is 1.86. The van der Waals surface area contributed by atoms with Gasteiger partial charge in [-0.15, -0.1) is 10.2 Å². The lowest BCUT2D eigenvalue weighted by atomic mass is 10.1. The largest absolute Gasteiger partial charge is 0.369 e. The molecule has 0 saturated carbocycles. The van der Waals surface area contributed by atoms with E-state index in [1.807, 2.05) is 18.2 Å². The maximum atomic E-state index is 11.7. The van der Waals surface area contributed by atoms with Crippen LogP contribution in [-0.2, 0) is 16.6 Å². The average Bonchev–Trinajstić information content (AvgIpc) is 2.54. The summed E-state index contributed by atoms with van der Waals surface area (Å²) in [7, 11) is -0.669. The molecule has 2 aromatic rings. The maximum absolute atomic E-state index is 11.7. The van der Waals surface area contributed by atoms with E-state index in [9.17, 15) is 8.42 Å². The molecule has 7 nitrogen and oxygen atoms in total. The van der Waals surface area contributed by atoms with E-state index in [1.165, 1.54) is 19.7 Å². The van der Waals surface area contributed by atoms with Crippen molar-refractivity contribution in [2.45, 2.75) is 12.8 Å². The summed E-state index contributed by atoms with van der Waals surface area (Å²) in [5, 5.41) is 11.0. The lowest BCUT2D eigenvalue weighted by molar-refractivity contribution is 0.526. The van der Waals surface area contributed by atoms with Gasteiger partial charge in [0, 0.05) is 20.6 Å². The van der Waals surface area contributed by atoms with Crippen LogP contribution < -0.4 is 10.0 Å². The van der Waals surface area contributed by atoms with Crippen LogP contribution in [0.2, 0.25) is 0 Å². The molecule has 0 atom stereocenters. The summed E-state index contributed by atoms with van der Waals surface area (Å²) < 4.78 is 26.7. The lowest BCUT2D eigenvalue weighted by Gasteiger charge is -2.12. The molecule has 124 valence electrons. The first-order valence-electron chi connectivity index (χ1n) is 7.29. The van der Waals surface area contributed by atoms with Crippen molar-refractivity contribution < 1.29 is 8.42 Å². The van der Waals surface area contributed by atoms with Crippen LogP contribution in [0.25, 0.3) is 0 Å². The molecule has 0 aliphatic heterocycles. The van der Waals surface area contributed by atoms with Gasteiger partial charge in [0.2, 0.25) is 0 Å².